The fraction of sp³-hybridized carbons (Fsp3) is 0.423. The summed E-state index contributed by atoms with van der Waals surface area (Å²) >= 11 is 0. The van der Waals surface area contributed by atoms with Gasteiger partial charge in [0.2, 0.25) is 11.8 Å². The molecule has 2 fully saturated rings. The standard InChI is InChI=1S/C26H30N4O3/c1-33-21-12-10-20(11-13-21)29-17-19(16-24(29)31)26-27-22-8-4-5-9-23(22)30(26)18-25(32)28-14-6-2-3-7-15-28/h4-5,8-13,19H,2-3,6-7,14-18H2,1H3. The van der Waals surface area contributed by atoms with Crippen LogP contribution < -0.4 is 9.64 Å². The molecule has 3 heterocycles. The Labute approximate surface area is 193 Å². The van der Waals surface area contributed by atoms with E-state index in [9.17, 15) is 9.59 Å². The van der Waals surface area contributed by atoms with Gasteiger partial charge in [0.05, 0.1) is 18.1 Å². The summed E-state index contributed by atoms with van der Waals surface area (Å²) in [6.07, 6.45) is 4.89. The molecule has 1 atom stereocenters. The van der Waals surface area contributed by atoms with Gasteiger partial charge >= 0.3 is 0 Å². The summed E-state index contributed by atoms with van der Waals surface area (Å²) in [6, 6.07) is 15.5. The molecule has 33 heavy (non-hydrogen) atoms. The monoisotopic (exact) mass is 446 g/mol. The number of anilines is 1. The van der Waals surface area contributed by atoms with Crippen LogP contribution >= 0.6 is 0 Å². The third-order valence-corrected chi connectivity index (χ3v) is 6.81. The molecule has 0 N–H and O–H groups in total. The van der Waals surface area contributed by atoms with E-state index < -0.39 is 0 Å². The average Bonchev–Trinajstić information content (AvgIpc) is 3.27. The van der Waals surface area contributed by atoms with E-state index in [0.717, 1.165) is 54.2 Å². The lowest BCUT2D eigenvalue weighted by Gasteiger charge is -2.22. The minimum absolute atomic E-state index is 0.0658. The summed E-state index contributed by atoms with van der Waals surface area (Å²) in [6.45, 7) is 2.47. The Bertz CT molecular complexity index is 1150. The van der Waals surface area contributed by atoms with E-state index >= 15 is 0 Å². The summed E-state index contributed by atoms with van der Waals surface area (Å²) in [7, 11) is 1.63. The van der Waals surface area contributed by atoms with Crippen LogP contribution in [0.5, 0.6) is 5.75 Å². The third-order valence-electron chi connectivity index (χ3n) is 6.81. The van der Waals surface area contributed by atoms with Crippen molar-refractivity contribution in [1.82, 2.24) is 14.5 Å². The Kier molecular flexibility index (Phi) is 6.03. The van der Waals surface area contributed by atoms with Gasteiger partial charge in [0, 0.05) is 37.7 Å². The topological polar surface area (TPSA) is 67.7 Å². The number of para-hydroxylation sites is 2. The molecule has 7 heteroatoms. The predicted molar refractivity (Wildman–Crippen MR) is 127 cm³/mol. The number of nitrogens with zero attached hydrogens (tertiary/aromatic N) is 4. The number of imidazole rings is 1. The van der Waals surface area contributed by atoms with Crippen molar-refractivity contribution in [3.05, 3.63) is 54.4 Å². The molecule has 0 saturated carbocycles. The summed E-state index contributed by atoms with van der Waals surface area (Å²) in [4.78, 5) is 34.9. The van der Waals surface area contributed by atoms with Crippen LogP contribution in [-0.4, -0.2) is 53.0 Å². The maximum atomic E-state index is 13.2. The van der Waals surface area contributed by atoms with E-state index in [0.29, 0.717) is 13.0 Å². The molecule has 1 aromatic heterocycles. The highest BCUT2D eigenvalue weighted by Crippen LogP contribution is 2.34. The number of likely N-dealkylation sites (tertiary alicyclic amines) is 1. The van der Waals surface area contributed by atoms with E-state index in [1.54, 1.807) is 7.11 Å². The number of hydrogen-bond acceptors (Lipinski definition) is 4. The van der Waals surface area contributed by atoms with Gasteiger partial charge < -0.3 is 19.1 Å². The minimum Gasteiger partial charge on any atom is -0.497 e. The molecule has 0 spiro atoms. The molecular formula is C26H30N4O3. The Hall–Kier alpha value is -3.35. The Morgan fingerprint density at radius 1 is 1.03 bits per heavy atom. The number of hydrogen-bond donors (Lipinski definition) is 0. The van der Waals surface area contributed by atoms with Crippen LogP contribution in [0.25, 0.3) is 11.0 Å². The lowest BCUT2D eigenvalue weighted by molar-refractivity contribution is -0.131. The molecule has 5 rings (SSSR count). The van der Waals surface area contributed by atoms with Gasteiger partial charge in [0.1, 0.15) is 18.1 Å². The van der Waals surface area contributed by atoms with E-state index in [2.05, 4.69) is 0 Å². The van der Waals surface area contributed by atoms with Gasteiger partial charge in [-0.25, -0.2) is 4.98 Å². The Balaban J connectivity index is 1.43. The highest BCUT2D eigenvalue weighted by atomic mass is 16.5. The quantitative estimate of drug-likeness (QED) is 0.595. The van der Waals surface area contributed by atoms with Crippen molar-refractivity contribution >= 4 is 28.5 Å². The first kappa shape index (κ1) is 21.5. The zero-order valence-electron chi connectivity index (χ0n) is 19.1. The minimum atomic E-state index is -0.0658. The molecule has 172 valence electrons. The number of rotatable bonds is 5. The van der Waals surface area contributed by atoms with Crippen LogP contribution in [0.4, 0.5) is 5.69 Å². The van der Waals surface area contributed by atoms with E-state index in [4.69, 9.17) is 9.72 Å². The molecule has 2 amide bonds. The van der Waals surface area contributed by atoms with Gasteiger partial charge in [-0.1, -0.05) is 25.0 Å². The first-order valence-corrected chi connectivity index (χ1v) is 11.8. The highest BCUT2D eigenvalue weighted by molar-refractivity contribution is 5.96. The van der Waals surface area contributed by atoms with Crippen LogP contribution in [0.1, 0.15) is 43.8 Å². The van der Waals surface area contributed by atoms with Gasteiger partial charge in [-0.2, -0.15) is 0 Å². The van der Waals surface area contributed by atoms with E-state index in [-0.39, 0.29) is 24.3 Å². The van der Waals surface area contributed by atoms with E-state index in [1.807, 2.05) is 62.9 Å². The fourth-order valence-corrected chi connectivity index (χ4v) is 5.02. The summed E-state index contributed by atoms with van der Waals surface area (Å²) in [5, 5.41) is 0. The summed E-state index contributed by atoms with van der Waals surface area (Å²) in [5.74, 6) is 1.73. The Morgan fingerprint density at radius 3 is 2.48 bits per heavy atom. The second-order valence-electron chi connectivity index (χ2n) is 8.94. The van der Waals surface area contributed by atoms with Gasteiger partial charge in [-0.15, -0.1) is 0 Å². The number of carbonyl (C=O) groups is 2. The van der Waals surface area contributed by atoms with Crippen LogP contribution in [0.15, 0.2) is 48.5 Å². The number of methoxy groups -OCH3 is 1. The van der Waals surface area contributed by atoms with Gasteiger partial charge in [0.15, 0.2) is 0 Å². The van der Waals surface area contributed by atoms with Crippen molar-refractivity contribution in [3.63, 3.8) is 0 Å². The molecule has 2 aliphatic heterocycles. The zero-order valence-corrected chi connectivity index (χ0v) is 19.1. The fourth-order valence-electron chi connectivity index (χ4n) is 5.02. The van der Waals surface area contributed by atoms with Crippen molar-refractivity contribution in [2.24, 2.45) is 0 Å². The Morgan fingerprint density at radius 2 is 1.76 bits per heavy atom. The molecule has 0 radical (unpaired) electrons. The molecule has 0 aliphatic carbocycles. The molecule has 1 unspecified atom stereocenters. The summed E-state index contributed by atoms with van der Waals surface area (Å²) < 4.78 is 7.28. The molecule has 2 saturated heterocycles. The molecule has 0 bridgehead atoms. The van der Waals surface area contributed by atoms with Crippen molar-refractivity contribution < 1.29 is 14.3 Å². The first-order chi connectivity index (χ1) is 16.1. The lowest BCUT2D eigenvalue weighted by Crippen LogP contribution is -2.35. The van der Waals surface area contributed by atoms with Gasteiger partial charge in [-0.05, 0) is 49.2 Å². The van der Waals surface area contributed by atoms with Crippen LogP contribution in [0, 0.1) is 0 Å². The average molecular weight is 447 g/mol. The van der Waals surface area contributed by atoms with Crippen molar-refractivity contribution in [1.29, 1.82) is 0 Å². The number of carbonyl (C=O) groups excluding carboxylic acids is 2. The number of aromatic nitrogens is 2. The van der Waals surface area contributed by atoms with Crippen molar-refractivity contribution in [2.75, 3.05) is 31.6 Å². The van der Waals surface area contributed by atoms with Gasteiger partial charge in [-0.3, -0.25) is 9.59 Å². The first-order valence-electron chi connectivity index (χ1n) is 11.8. The largest absolute Gasteiger partial charge is 0.497 e. The van der Waals surface area contributed by atoms with Crippen LogP contribution in [-0.2, 0) is 16.1 Å². The summed E-state index contributed by atoms with van der Waals surface area (Å²) in [5.41, 5.74) is 2.67. The SMILES string of the molecule is COc1ccc(N2CC(c3nc4ccccc4n3CC(=O)N3CCCCCC3)CC2=O)cc1. The second kappa shape index (κ2) is 9.25. The lowest BCUT2D eigenvalue weighted by atomic mass is 10.1. The number of amides is 2. The maximum Gasteiger partial charge on any atom is 0.242 e. The van der Waals surface area contributed by atoms with Crippen LogP contribution in [0.2, 0.25) is 0 Å². The second-order valence-corrected chi connectivity index (χ2v) is 8.94. The third kappa shape index (κ3) is 4.32. The predicted octanol–water partition coefficient (Wildman–Crippen LogP) is 3.97. The van der Waals surface area contributed by atoms with Crippen LogP contribution in [0.3, 0.4) is 0 Å². The highest BCUT2D eigenvalue weighted by Gasteiger charge is 2.35. The number of benzene rings is 2. The molecular weight excluding hydrogens is 416 g/mol. The molecule has 2 aromatic carbocycles. The molecule has 2 aliphatic rings. The van der Waals surface area contributed by atoms with Crippen molar-refractivity contribution in [2.45, 2.75) is 44.6 Å². The normalized spacial score (nSPS) is 19.2. The van der Waals surface area contributed by atoms with E-state index in [1.165, 1.54) is 12.8 Å². The number of fused-ring (bicyclic) bond motifs is 1. The zero-order chi connectivity index (χ0) is 22.8. The maximum absolute atomic E-state index is 13.2. The number of ether oxygens (including phenoxy) is 1. The molecule has 3 aromatic rings. The van der Waals surface area contributed by atoms with Gasteiger partial charge in [0.25, 0.3) is 0 Å². The smallest absolute Gasteiger partial charge is 0.242 e. The van der Waals surface area contributed by atoms with Crippen molar-refractivity contribution in [3.8, 4) is 5.75 Å². The molecule has 7 nitrogen and oxygen atoms in total.